The van der Waals surface area contributed by atoms with Crippen molar-refractivity contribution in [2.45, 2.75) is 6.54 Å². The molecule has 0 saturated carbocycles. The molecule has 0 bridgehead atoms. The average molecular weight is 452 g/mol. The third-order valence-corrected chi connectivity index (χ3v) is 5.20. The van der Waals surface area contributed by atoms with E-state index in [9.17, 15) is 14.4 Å². The quantitative estimate of drug-likeness (QED) is 0.498. The number of carbonyl (C=O) groups is 3. The summed E-state index contributed by atoms with van der Waals surface area (Å²) in [6.45, 7) is 4.24. The molecule has 2 aromatic heterocycles. The van der Waals surface area contributed by atoms with Crippen LogP contribution in [0.4, 0.5) is 5.69 Å². The predicted molar refractivity (Wildman–Crippen MR) is 119 cm³/mol. The minimum atomic E-state index is -0.408. The van der Waals surface area contributed by atoms with Gasteiger partial charge in [0.05, 0.1) is 30.0 Å². The van der Waals surface area contributed by atoms with E-state index in [0.717, 1.165) is 31.9 Å². The van der Waals surface area contributed by atoms with Crippen molar-refractivity contribution in [3.63, 3.8) is 0 Å². The van der Waals surface area contributed by atoms with Crippen LogP contribution < -0.4 is 15.4 Å². The summed E-state index contributed by atoms with van der Waals surface area (Å²) >= 11 is 0. The first-order chi connectivity index (χ1) is 16.0. The van der Waals surface area contributed by atoms with E-state index in [0.29, 0.717) is 34.3 Å². The van der Waals surface area contributed by atoms with Gasteiger partial charge in [0.1, 0.15) is 17.6 Å². The summed E-state index contributed by atoms with van der Waals surface area (Å²) in [5, 5.41) is 5.48. The number of aromatic amines is 1. The fraction of sp³-hybridized carbons (Fsp3) is 0.318. The van der Waals surface area contributed by atoms with Crippen LogP contribution in [0.3, 0.4) is 0 Å². The van der Waals surface area contributed by atoms with Gasteiger partial charge in [0.25, 0.3) is 11.8 Å². The Kier molecular flexibility index (Phi) is 6.91. The molecule has 11 heteroatoms. The lowest BCUT2D eigenvalue weighted by molar-refractivity contribution is -0.118. The lowest BCUT2D eigenvalue weighted by atomic mass is 10.1. The van der Waals surface area contributed by atoms with Gasteiger partial charge in [0.2, 0.25) is 0 Å². The minimum Gasteiger partial charge on any atom is -0.482 e. The van der Waals surface area contributed by atoms with E-state index in [1.807, 2.05) is 0 Å². The molecule has 0 atom stereocenters. The van der Waals surface area contributed by atoms with Crippen molar-refractivity contribution in [2.75, 3.05) is 45.3 Å². The van der Waals surface area contributed by atoms with Gasteiger partial charge in [-0.15, -0.1) is 0 Å². The first-order valence-electron chi connectivity index (χ1n) is 10.4. The molecular formula is C22H24N6O5. The largest absolute Gasteiger partial charge is 0.482 e. The second-order valence-corrected chi connectivity index (χ2v) is 7.57. The molecule has 2 amide bonds. The maximum absolute atomic E-state index is 12.5. The molecule has 3 aromatic rings. The molecule has 172 valence electrons. The zero-order valence-corrected chi connectivity index (χ0v) is 18.1. The Labute approximate surface area is 189 Å². The number of aromatic nitrogens is 3. The van der Waals surface area contributed by atoms with Crippen LogP contribution in [0.5, 0.6) is 5.75 Å². The fourth-order valence-electron chi connectivity index (χ4n) is 3.38. The lowest BCUT2D eigenvalue weighted by Crippen LogP contribution is -2.32. The molecule has 11 nitrogen and oxygen atoms in total. The molecular weight excluding hydrogens is 428 g/mol. The van der Waals surface area contributed by atoms with E-state index in [2.05, 4.69) is 37.5 Å². The van der Waals surface area contributed by atoms with Crippen LogP contribution in [0.2, 0.25) is 0 Å². The second-order valence-electron chi connectivity index (χ2n) is 7.57. The van der Waals surface area contributed by atoms with Crippen molar-refractivity contribution in [2.24, 2.45) is 0 Å². The van der Waals surface area contributed by atoms with Gasteiger partial charge in [-0.3, -0.25) is 14.4 Å². The molecule has 4 heterocycles. The Balaban J connectivity index is 0.000000318. The summed E-state index contributed by atoms with van der Waals surface area (Å²) in [6.07, 6.45) is 3.39. The lowest BCUT2D eigenvalue weighted by Gasteiger charge is -2.21. The van der Waals surface area contributed by atoms with Crippen molar-refractivity contribution in [1.82, 2.24) is 25.2 Å². The van der Waals surface area contributed by atoms with Gasteiger partial charge >= 0.3 is 0 Å². The summed E-state index contributed by atoms with van der Waals surface area (Å²) in [5.74, 6) is -0.0422. The van der Waals surface area contributed by atoms with Gasteiger partial charge in [-0.2, -0.15) is 0 Å². The molecule has 1 aromatic carbocycles. The summed E-state index contributed by atoms with van der Waals surface area (Å²) < 4.78 is 10.4. The molecule has 33 heavy (non-hydrogen) atoms. The maximum atomic E-state index is 12.5. The number of morpholine rings is 1. The number of benzene rings is 1. The Morgan fingerprint density at radius 3 is 2.82 bits per heavy atom. The van der Waals surface area contributed by atoms with Crippen LogP contribution in [0.15, 0.2) is 30.7 Å². The summed E-state index contributed by atoms with van der Waals surface area (Å²) in [6, 6.07) is 5.27. The predicted octanol–water partition coefficient (Wildman–Crippen LogP) is 0.980. The molecule has 0 spiro atoms. The van der Waals surface area contributed by atoms with E-state index in [-0.39, 0.29) is 24.8 Å². The van der Waals surface area contributed by atoms with Gasteiger partial charge in [-0.05, 0) is 24.7 Å². The number of ether oxygens (including phenoxy) is 2. The number of nitrogens with one attached hydrogen (secondary N) is 3. The van der Waals surface area contributed by atoms with Crippen LogP contribution >= 0.6 is 0 Å². The third-order valence-electron chi connectivity index (χ3n) is 5.20. The minimum absolute atomic E-state index is 0.00822. The van der Waals surface area contributed by atoms with Crippen LogP contribution in [0.25, 0.3) is 11.0 Å². The first-order valence-corrected chi connectivity index (χ1v) is 10.4. The zero-order valence-electron chi connectivity index (χ0n) is 18.1. The van der Waals surface area contributed by atoms with E-state index < -0.39 is 5.91 Å². The van der Waals surface area contributed by atoms with Crippen molar-refractivity contribution in [3.8, 4) is 5.75 Å². The van der Waals surface area contributed by atoms with Crippen molar-refractivity contribution in [3.05, 3.63) is 47.5 Å². The van der Waals surface area contributed by atoms with E-state index in [1.54, 1.807) is 18.2 Å². The highest BCUT2D eigenvalue weighted by molar-refractivity contribution is 6.06. The topological polar surface area (TPSA) is 139 Å². The number of fused-ring (bicyclic) bond motifs is 2. The molecule has 2 aliphatic heterocycles. The van der Waals surface area contributed by atoms with Gasteiger partial charge < -0.3 is 30.0 Å². The third kappa shape index (κ3) is 5.33. The molecule has 0 radical (unpaired) electrons. The number of likely N-dealkylation sites (N-methyl/N-ethyl adjacent to an activating group) is 1. The number of anilines is 1. The highest BCUT2D eigenvalue weighted by Gasteiger charge is 2.18. The zero-order chi connectivity index (χ0) is 23.2. The average Bonchev–Trinajstić information content (AvgIpc) is 3.26. The van der Waals surface area contributed by atoms with Crippen molar-refractivity contribution < 1.29 is 23.9 Å². The molecule has 3 N–H and O–H groups in total. The van der Waals surface area contributed by atoms with Crippen molar-refractivity contribution in [1.29, 1.82) is 0 Å². The Hall–Kier alpha value is -3.83. The van der Waals surface area contributed by atoms with E-state index in [1.165, 1.54) is 12.5 Å². The summed E-state index contributed by atoms with van der Waals surface area (Å²) in [5.41, 5.74) is 2.66. The van der Waals surface area contributed by atoms with Crippen molar-refractivity contribution >= 4 is 34.8 Å². The Morgan fingerprint density at radius 2 is 2.09 bits per heavy atom. The highest BCUT2D eigenvalue weighted by Crippen LogP contribution is 2.28. The number of nitrogens with zero attached hydrogens (tertiary/aromatic N) is 3. The second kappa shape index (κ2) is 10.2. The Morgan fingerprint density at radius 1 is 1.27 bits per heavy atom. The van der Waals surface area contributed by atoms with Crippen LogP contribution in [-0.2, 0) is 16.1 Å². The molecule has 5 rings (SSSR count). The number of carbonyl (C=O) groups excluding carboxylic acids is 3. The summed E-state index contributed by atoms with van der Waals surface area (Å²) in [7, 11) is 2.11. The van der Waals surface area contributed by atoms with Gasteiger partial charge in [-0.25, -0.2) is 9.97 Å². The fourth-order valence-corrected chi connectivity index (χ4v) is 3.38. The highest BCUT2D eigenvalue weighted by atomic mass is 16.5. The normalized spacial score (nSPS) is 15.5. The first kappa shape index (κ1) is 22.4. The number of rotatable bonds is 4. The van der Waals surface area contributed by atoms with Gasteiger partial charge in [0.15, 0.2) is 18.6 Å². The SMILES string of the molecule is CN1CCOCC1.O=Cc1c[nH]c2c(C(=O)NCc3ccc4c(c3)NC(=O)CO4)ncnc12. The molecule has 0 aliphatic carbocycles. The van der Waals surface area contributed by atoms with Gasteiger partial charge in [-0.1, -0.05) is 6.07 Å². The molecule has 0 unspecified atom stereocenters. The molecule has 1 saturated heterocycles. The number of aldehydes is 1. The monoisotopic (exact) mass is 452 g/mol. The summed E-state index contributed by atoms with van der Waals surface area (Å²) in [4.78, 5) is 48.0. The van der Waals surface area contributed by atoms with Gasteiger partial charge in [0, 0.05) is 25.8 Å². The van der Waals surface area contributed by atoms with E-state index >= 15 is 0 Å². The number of amides is 2. The Bertz CT molecular complexity index is 1170. The van der Waals surface area contributed by atoms with Crippen LogP contribution in [-0.4, -0.2) is 77.9 Å². The van der Waals surface area contributed by atoms with E-state index in [4.69, 9.17) is 9.47 Å². The standard InChI is InChI=1S/C17H13N5O4.C5H11NO/c23-6-10-5-18-15-14(10)20-8-21-16(15)17(25)19-4-9-1-2-12-11(3-9)22-13(24)7-26-12;1-6-2-4-7-5-3-6/h1-3,5-6,8,18H,4,7H2,(H,19,25)(H,22,24);2-5H2,1H3. The molecule has 1 fully saturated rings. The number of H-pyrrole nitrogens is 1. The maximum Gasteiger partial charge on any atom is 0.272 e. The number of hydrogen-bond donors (Lipinski definition) is 3. The number of hydrogen-bond acceptors (Lipinski definition) is 8. The smallest absolute Gasteiger partial charge is 0.272 e. The van der Waals surface area contributed by atoms with Crippen LogP contribution in [0.1, 0.15) is 26.4 Å². The van der Waals surface area contributed by atoms with Crippen LogP contribution in [0, 0.1) is 0 Å². The molecule has 2 aliphatic rings.